The summed E-state index contributed by atoms with van der Waals surface area (Å²) in [6.07, 6.45) is 0. The van der Waals surface area contributed by atoms with E-state index in [1.165, 1.54) is 10.1 Å². The third kappa shape index (κ3) is 2.72. The molecule has 0 aliphatic rings. The van der Waals surface area contributed by atoms with Crippen molar-refractivity contribution >= 4 is 43.0 Å². The zero-order valence-electron chi connectivity index (χ0n) is 11.6. The molecule has 3 rings (SSSR count). The van der Waals surface area contributed by atoms with E-state index in [1.807, 2.05) is 18.2 Å². The summed E-state index contributed by atoms with van der Waals surface area (Å²) in [5.74, 6) is -0.341. The van der Waals surface area contributed by atoms with E-state index < -0.39 is 0 Å². The van der Waals surface area contributed by atoms with Gasteiger partial charge in [0.25, 0.3) is 0 Å². The highest BCUT2D eigenvalue weighted by Crippen LogP contribution is 2.34. The van der Waals surface area contributed by atoms with Gasteiger partial charge in [-0.1, -0.05) is 44.0 Å². The summed E-state index contributed by atoms with van der Waals surface area (Å²) >= 11 is 7.25. The molecule has 0 N–H and O–H groups in total. The summed E-state index contributed by atoms with van der Waals surface area (Å²) < 4.78 is 7.81. The first-order valence-corrected chi connectivity index (χ1v) is 8.17. The van der Waals surface area contributed by atoms with E-state index in [9.17, 15) is 4.79 Å². The average Bonchev–Trinajstić information content (AvgIpc) is 2.71. The second-order valence-corrected chi connectivity index (χ2v) is 6.91. The Balaban J connectivity index is 2.08. The lowest BCUT2D eigenvalue weighted by Gasteiger charge is -2.12. The van der Waals surface area contributed by atoms with Crippen molar-refractivity contribution in [2.24, 2.45) is 7.05 Å². The van der Waals surface area contributed by atoms with Crippen molar-refractivity contribution in [1.29, 1.82) is 0 Å². The van der Waals surface area contributed by atoms with Crippen LogP contribution in [0, 0.1) is 6.92 Å². The van der Waals surface area contributed by atoms with Crippen LogP contribution in [0.4, 0.5) is 0 Å². The van der Waals surface area contributed by atoms with Gasteiger partial charge in [0, 0.05) is 11.5 Å². The summed E-state index contributed by atoms with van der Waals surface area (Å²) in [6.45, 7) is 2.06. The van der Waals surface area contributed by atoms with Gasteiger partial charge in [-0.05, 0) is 47.9 Å². The summed E-state index contributed by atoms with van der Waals surface area (Å²) in [5, 5.41) is 0. The van der Waals surface area contributed by atoms with Crippen LogP contribution in [-0.2, 0) is 7.05 Å². The number of rotatable bonds is 2. The number of oxazole rings is 1. The van der Waals surface area contributed by atoms with Crippen LogP contribution in [0.2, 0.25) is 0 Å². The monoisotopic (exact) mass is 409 g/mol. The number of hydrogen-bond acceptors (Lipinski definition) is 2. The van der Waals surface area contributed by atoms with Crippen LogP contribution >= 0.6 is 31.9 Å². The molecule has 0 amide bonds. The quantitative estimate of drug-likeness (QED) is 0.574. The van der Waals surface area contributed by atoms with Crippen molar-refractivity contribution in [3.8, 4) is 0 Å². The Bertz CT molecular complexity index is 859. The number of hydrogen-bond donors (Lipinski definition) is 0. The summed E-state index contributed by atoms with van der Waals surface area (Å²) in [4.78, 5) is 11.6. The van der Waals surface area contributed by atoms with Gasteiger partial charge >= 0.3 is 5.76 Å². The Labute approximate surface area is 138 Å². The van der Waals surface area contributed by atoms with Gasteiger partial charge in [-0.2, -0.15) is 0 Å². The molecule has 0 fully saturated rings. The molecule has 0 bridgehead atoms. The largest absolute Gasteiger partial charge is 0.419 e. The Morgan fingerprint density at radius 2 is 1.90 bits per heavy atom. The molecule has 1 unspecified atom stereocenters. The number of nitrogens with zero attached hydrogens (tertiary/aromatic N) is 1. The first-order chi connectivity index (χ1) is 9.95. The van der Waals surface area contributed by atoms with Gasteiger partial charge in [0.15, 0.2) is 5.58 Å². The van der Waals surface area contributed by atoms with Crippen LogP contribution in [0.3, 0.4) is 0 Å². The maximum absolute atomic E-state index is 11.6. The van der Waals surface area contributed by atoms with Gasteiger partial charge in [0.05, 0.1) is 10.3 Å². The second-order valence-electron chi connectivity index (χ2n) is 5.08. The molecule has 0 aliphatic heterocycles. The molecule has 5 heteroatoms. The van der Waals surface area contributed by atoms with Crippen molar-refractivity contribution in [3.05, 3.63) is 68.1 Å². The van der Waals surface area contributed by atoms with Crippen LogP contribution in [0.1, 0.15) is 21.5 Å². The minimum Gasteiger partial charge on any atom is -0.408 e. The van der Waals surface area contributed by atoms with Crippen molar-refractivity contribution < 1.29 is 4.42 Å². The van der Waals surface area contributed by atoms with E-state index in [1.54, 1.807) is 7.05 Å². The number of aromatic nitrogens is 1. The molecule has 0 aliphatic carbocycles. The predicted molar refractivity (Wildman–Crippen MR) is 91.1 cm³/mol. The third-order valence-corrected chi connectivity index (χ3v) is 4.98. The molecule has 108 valence electrons. The maximum Gasteiger partial charge on any atom is 0.419 e. The highest BCUT2D eigenvalue weighted by atomic mass is 79.9. The molecule has 0 saturated carbocycles. The molecule has 21 heavy (non-hydrogen) atoms. The third-order valence-electron chi connectivity index (χ3n) is 3.47. The highest BCUT2D eigenvalue weighted by Gasteiger charge is 2.14. The molecule has 1 atom stereocenters. The van der Waals surface area contributed by atoms with Crippen molar-refractivity contribution in [2.45, 2.75) is 11.8 Å². The zero-order valence-corrected chi connectivity index (χ0v) is 14.7. The van der Waals surface area contributed by atoms with Gasteiger partial charge < -0.3 is 4.42 Å². The van der Waals surface area contributed by atoms with Crippen LogP contribution in [0.5, 0.6) is 0 Å². The molecule has 1 aromatic heterocycles. The molecular formula is C16H13Br2NO2. The first-order valence-electron chi connectivity index (χ1n) is 6.46. The second kappa shape index (κ2) is 5.46. The number of alkyl halides is 1. The average molecular weight is 411 g/mol. The number of benzene rings is 2. The molecule has 0 spiro atoms. The lowest BCUT2D eigenvalue weighted by atomic mass is 10.0. The maximum atomic E-state index is 11.6. The minimum atomic E-state index is -0.341. The van der Waals surface area contributed by atoms with Crippen molar-refractivity contribution in [2.75, 3.05) is 0 Å². The topological polar surface area (TPSA) is 35.1 Å². The van der Waals surface area contributed by atoms with Crippen molar-refractivity contribution in [1.82, 2.24) is 4.57 Å². The predicted octanol–water partition coefficient (Wildman–Crippen LogP) is 4.69. The number of aryl methyl sites for hydroxylation is 2. The fourth-order valence-corrected chi connectivity index (χ4v) is 3.59. The Kier molecular flexibility index (Phi) is 3.80. The lowest BCUT2D eigenvalue weighted by molar-refractivity contribution is 0.528. The lowest BCUT2D eigenvalue weighted by Crippen LogP contribution is -2.08. The molecule has 0 saturated heterocycles. The molecule has 2 aromatic carbocycles. The van der Waals surface area contributed by atoms with Gasteiger partial charge in [0.1, 0.15) is 0 Å². The highest BCUT2D eigenvalue weighted by molar-refractivity contribution is 9.10. The van der Waals surface area contributed by atoms with Crippen LogP contribution < -0.4 is 5.76 Å². The standard InChI is InChI=1S/C16H13Br2NO2/c1-9-5-11(7-12(17)6-9)15(18)10-3-4-13-14(8-10)21-16(20)19(13)2/h3-8,15H,1-2H3. The van der Waals surface area contributed by atoms with Crippen LogP contribution in [0.25, 0.3) is 11.1 Å². The molecule has 3 aromatic rings. The first kappa shape index (κ1) is 14.6. The van der Waals surface area contributed by atoms with E-state index in [4.69, 9.17) is 4.42 Å². The zero-order chi connectivity index (χ0) is 15.1. The van der Waals surface area contributed by atoms with Crippen LogP contribution in [-0.4, -0.2) is 4.57 Å². The van der Waals surface area contributed by atoms with Gasteiger partial charge in [0.2, 0.25) is 0 Å². The summed E-state index contributed by atoms with van der Waals surface area (Å²) in [7, 11) is 1.71. The Morgan fingerprint density at radius 1 is 1.14 bits per heavy atom. The van der Waals surface area contributed by atoms with Gasteiger partial charge in [-0.25, -0.2) is 4.79 Å². The van der Waals surface area contributed by atoms with E-state index in [-0.39, 0.29) is 10.6 Å². The normalized spacial score (nSPS) is 12.8. The van der Waals surface area contributed by atoms with Gasteiger partial charge in [-0.3, -0.25) is 4.57 Å². The smallest absolute Gasteiger partial charge is 0.408 e. The summed E-state index contributed by atoms with van der Waals surface area (Å²) in [5.41, 5.74) is 4.80. The Morgan fingerprint density at radius 3 is 2.62 bits per heavy atom. The summed E-state index contributed by atoms with van der Waals surface area (Å²) in [6, 6.07) is 12.1. The van der Waals surface area contributed by atoms with E-state index in [2.05, 4.69) is 57.0 Å². The van der Waals surface area contributed by atoms with Crippen molar-refractivity contribution in [3.63, 3.8) is 0 Å². The fourth-order valence-electron chi connectivity index (χ4n) is 2.41. The molecule has 1 heterocycles. The Hall–Kier alpha value is -1.33. The molecule has 0 radical (unpaired) electrons. The van der Waals surface area contributed by atoms with E-state index in [0.717, 1.165) is 21.1 Å². The fraction of sp³-hybridized carbons (Fsp3) is 0.188. The SMILES string of the molecule is Cc1cc(Br)cc(C(Br)c2ccc3c(c2)oc(=O)n3C)c1. The minimum absolute atomic E-state index is 0.0450. The van der Waals surface area contributed by atoms with Crippen LogP contribution in [0.15, 0.2) is 50.1 Å². The van der Waals surface area contributed by atoms with E-state index in [0.29, 0.717) is 5.58 Å². The molecular weight excluding hydrogens is 398 g/mol. The number of halogens is 2. The molecule has 3 nitrogen and oxygen atoms in total. The van der Waals surface area contributed by atoms with E-state index >= 15 is 0 Å². The number of fused-ring (bicyclic) bond motifs is 1. The van der Waals surface area contributed by atoms with Gasteiger partial charge in [-0.15, -0.1) is 0 Å².